The summed E-state index contributed by atoms with van der Waals surface area (Å²) in [4.78, 5) is 2.30. The molecule has 1 fully saturated rings. The number of aliphatic hydroxyl groups excluding tert-OH is 1. The quantitative estimate of drug-likeness (QED) is 0.889. The van der Waals surface area contributed by atoms with Gasteiger partial charge in [0.2, 0.25) is 0 Å². The van der Waals surface area contributed by atoms with Crippen LogP contribution in [0.3, 0.4) is 0 Å². The van der Waals surface area contributed by atoms with Crippen molar-refractivity contribution in [2.24, 2.45) is 0 Å². The summed E-state index contributed by atoms with van der Waals surface area (Å²) >= 11 is 0. The summed E-state index contributed by atoms with van der Waals surface area (Å²) in [5, 5.41) is 10.4. The molecule has 0 radical (unpaired) electrons. The van der Waals surface area contributed by atoms with Crippen LogP contribution in [0.4, 0.5) is 4.39 Å². The minimum absolute atomic E-state index is 0.228. The normalized spacial score (nSPS) is 19.1. The molecule has 1 aliphatic rings. The summed E-state index contributed by atoms with van der Waals surface area (Å²) < 4.78 is 13.6. The van der Waals surface area contributed by atoms with Gasteiger partial charge in [-0.05, 0) is 51.4 Å². The van der Waals surface area contributed by atoms with Gasteiger partial charge in [0, 0.05) is 12.0 Å². The third-order valence-electron chi connectivity index (χ3n) is 4.11. The zero-order chi connectivity index (χ0) is 13.2. The fourth-order valence-electron chi connectivity index (χ4n) is 2.63. The Bertz CT molecular complexity index is 399. The lowest BCUT2D eigenvalue weighted by atomic mass is 9.90. The molecule has 2 nitrogen and oxygen atoms in total. The summed E-state index contributed by atoms with van der Waals surface area (Å²) in [6, 6.07) is 6.69. The highest BCUT2D eigenvalue weighted by molar-refractivity contribution is 5.19. The van der Waals surface area contributed by atoms with E-state index in [1.54, 1.807) is 12.1 Å². The summed E-state index contributed by atoms with van der Waals surface area (Å²) in [6.07, 6.45) is 2.20. The molecule has 1 aromatic rings. The average Bonchev–Trinajstić information content (AvgIpc) is 2.86. The molecule has 0 aromatic heterocycles. The van der Waals surface area contributed by atoms with Crippen molar-refractivity contribution in [3.63, 3.8) is 0 Å². The largest absolute Gasteiger partial charge is 0.391 e. The smallest absolute Gasteiger partial charge is 0.126 e. The van der Waals surface area contributed by atoms with Gasteiger partial charge in [-0.1, -0.05) is 18.2 Å². The molecule has 3 heteroatoms. The minimum atomic E-state index is -0.549. The number of nitrogens with zero attached hydrogens (tertiary/aromatic N) is 1. The van der Waals surface area contributed by atoms with Crippen molar-refractivity contribution < 1.29 is 9.50 Å². The molecule has 0 spiro atoms. The fraction of sp³-hybridized carbons (Fsp3) is 0.600. The van der Waals surface area contributed by atoms with Gasteiger partial charge in [-0.15, -0.1) is 0 Å². The van der Waals surface area contributed by atoms with E-state index in [4.69, 9.17) is 0 Å². The van der Waals surface area contributed by atoms with E-state index in [-0.39, 0.29) is 11.4 Å². The van der Waals surface area contributed by atoms with Gasteiger partial charge in [-0.2, -0.15) is 0 Å². The van der Waals surface area contributed by atoms with Gasteiger partial charge < -0.3 is 5.11 Å². The molecule has 1 unspecified atom stereocenters. The number of halogens is 1. The number of benzene rings is 1. The van der Waals surface area contributed by atoms with Crippen LogP contribution in [0.15, 0.2) is 24.3 Å². The minimum Gasteiger partial charge on any atom is -0.391 e. The van der Waals surface area contributed by atoms with Crippen LogP contribution in [0.25, 0.3) is 0 Å². The molecule has 0 bridgehead atoms. The molecule has 1 aliphatic heterocycles. The Morgan fingerprint density at radius 2 is 1.89 bits per heavy atom. The molecule has 0 aliphatic carbocycles. The Morgan fingerprint density at radius 3 is 2.50 bits per heavy atom. The van der Waals surface area contributed by atoms with E-state index in [0.717, 1.165) is 13.1 Å². The lowest BCUT2D eigenvalue weighted by Gasteiger charge is -2.39. The lowest BCUT2D eigenvalue weighted by molar-refractivity contribution is 0.00295. The van der Waals surface area contributed by atoms with Gasteiger partial charge in [0.15, 0.2) is 0 Å². The molecule has 2 rings (SSSR count). The van der Waals surface area contributed by atoms with Crippen LogP contribution in [-0.4, -0.2) is 34.7 Å². The predicted octanol–water partition coefficient (Wildman–Crippen LogP) is 2.60. The van der Waals surface area contributed by atoms with Gasteiger partial charge >= 0.3 is 0 Å². The highest BCUT2D eigenvalue weighted by Crippen LogP contribution is 2.26. The zero-order valence-corrected chi connectivity index (χ0v) is 11.2. The molecule has 1 N–H and O–H groups in total. The Balaban J connectivity index is 2.07. The van der Waals surface area contributed by atoms with Crippen LogP contribution >= 0.6 is 0 Å². The molecular formula is C15H22FNO. The van der Waals surface area contributed by atoms with Crippen molar-refractivity contribution in [1.29, 1.82) is 0 Å². The highest BCUT2D eigenvalue weighted by atomic mass is 19.1. The maximum Gasteiger partial charge on any atom is 0.126 e. The van der Waals surface area contributed by atoms with Crippen molar-refractivity contribution in [3.05, 3.63) is 35.6 Å². The van der Waals surface area contributed by atoms with E-state index in [0.29, 0.717) is 12.0 Å². The van der Waals surface area contributed by atoms with Crippen molar-refractivity contribution in [2.45, 2.75) is 44.8 Å². The molecule has 100 valence electrons. The lowest BCUT2D eigenvalue weighted by Crippen LogP contribution is -2.52. The van der Waals surface area contributed by atoms with Gasteiger partial charge in [0.25, 0.3) is 0 Å². The highest BCUT2D eigenvalue weighted by Gasteiger charge is 2.35. The number of rotatable bonds is 4. The Kier molecular flexibility index (Phi) is 4.03. The Morgan fingerprint density at radius 1 is 1.28 bits per heavy atom. The van der Waals surface area contributed by atoms with Gasteiger partial charge in [-0.3, -0.25) is 4.90 Å². The van der Waals surface area contributed by atoms with Crippen LogP contribution in [-0.2, 0) is 6.42 Å². The van der Waals surface area contributed by atoms with Crippen LogP contribution < -0.4 is 0 Å². The second-order valence-electron chi connectivity index (χ2n) is 5.66. The zero-order valence-electron chi connectivity index (χ0n) is 11.2. The Labute approximate surface area is 108 Å². The van der Waals surface area contributed by atoms with Gasteiger partial charge in [0.1, 0.15) is 5.82 Å². The number of likely N-dealkylation sites (tertiary alicyclic amines) is 1. The maximum atomic E-state index is 13.6. The van der Waals surface area contributed by atoms with E-state index in [1.165, 1.54) is 18.9 Å². The predicted molar refractivity (Wildman–Crippen MR) is 71.0 cm³/mol. The average molecular weight is 251 g/mol. The summed E-state index contributed by atoms with van der Waals surface area (Å²) in [5.41, 5.74) is 0.302. The standard InChI is InChI=1S/C15H22FNO/c1-15(2,17-9-5-6-10-17)14(18)11-12-7-3-4-8-13(12)16/h3-4,7-8,14,18H,5-6,9-11H2,1-2H3. The third kappa shape index (κ3) is 2.73. The van der Waals surface area contributed by atoms with Crippen molar-refractivity contribution in [1.82, 2.24) is 4.90 Å². The van der Waals surface area contributed by atoms with Crippen molar-refractivity contribution >= 4 is 0 Å². The molecule has 0 saturated carbocycles. The second kappa shape index (κ2) is 5.37. The topological polar surface area (TPSA) is 23.5 Å². The molecule has 1 saturated heterocycles. The number of hydrogen-bond acceptors (Lipinski definition) is 2. The van der Waals surface area contributed by atoms with Crippen molar-refractivity contribution in [2.75, 3.05) is 13.1 Å². The molecule has 18 heavy (non-hydrogen) atoms. The van der Waals surface area contributed by atoms with Gasteiger partial charge in [-0.25, -0.2) is 4.39 Å². The Hall–Kier alpha value is -0.930. The SMILES string of the molecule is CC(C)(C(O)Cc1ccccc1F)N1CCCC1. The second-order valence-corrected chi connectivity index (χ2v) is 5.66. The molecule has 1 aromatic carbocycles. The monoisotopic (exact) mass is 251 g/mol. The molecule has 1 heterocycles. The van der Waals surface area contributed by atoms with Crippen LogP contribution in [0.2, 0.25) is 0 Å². The van der Waals surface area contributed by atoms with Crippen LogP contribution in [0.5, 0.6) is 0 Å². The maximum absolute atomic E-state index is 13.6. The molecular weight excluding hydrogens is 229 g/mol. The first-order valence-corrected chi connectivity index (χ1v) is 6.68. The first-order chi connectivity index (χ1) is 8.51. The first kappa shape index (κ1) is 13.5. The molecule has 1 atom stereocenters. The fourth-order valence-corrected chi connectivity index (χ4v) is 2.63. The molecule has 0 amide bonds. The van der Waals surface area contributed by atoms with E-state index in [2.05, 4.69) is 4.90 Å². The van der Waals surface area contributed by atoms with Crippen LogP contribution in [0, 0.1) is 5.82 Å². The number of hydrogen-bond donors (Lipinski definition) is 1. The van der Waals surface area contributed by atoms with Crippen molar-refractivity contribution in [3.8, 4) is 0 Å². The number of aliphatic hydroxyl groups is 1. The van der Waals surface area contributed by atoms with E-state index >= 15 is 0 Å². The summed E-state index contributed by atoms with van der Waals surface area (Å²) in [5.74, 6) is -0.228. The van der Waals surface area contributed by atoms with E-state index in [1.807, 2.05) is 19.9 Å². The third-order valence-corrected chi connectivity index (χ3v) is 4.11. The van der Waals surface area contributed by atoms with E-state index in [9.17, 15) is 9.50 Å². The van der Waals surface area contributed by atoms with Gasteiger partial charge in [0.05, 0.1) is 6.10 Å². The summed E-state index contributed by atoms with van der Waals surface area (Å²) in [7, 11) is 0. The summed E-state index contributed by atoms with van der Waals surface area (Å²) in [6.45, 7) is 6.15. The van der Waals surface area contributed by atoms with E-state index < -0.39 is 6.10 Å². The van der Waals surface area contributed by atoms with Crippen LogP contribution in [0.1, 0.15) is 32.3 Å². The first-order valence-electron chi connectivity index (χ1n) is 6.68.